The lowest BCUT2D eigenvalue weighted by Crippen LogP contribution is -2.53. The number of benzene rings is 2. The van der Waals surface area contributed by atoms with Gasteiger partial charge in [0.25, 0.3) is 5.69 Å². The van der Waals surface area contributed by atoms with Gasteiger partial charge in [0, 0.05) is 29.7 Å². The van der Waals surface area contributed by atoms with E-state index < -0.39 is 33.4 Å². The molecule has 0 unspecified atom stereocenters. The van der Waals surface area contributed by atoms with E-state index in [4.69, 9.17) is 11.6 Å². The Morgan fingerprint density at radius 2 is 1.81 bits per heavy atom. The molecule has 1 aliphatic rings. The number of halogens is 1. The number of carbonyl (C=O) groups is 2. The summed E-state index contributed by atoms with van der Waals surface area (Å²) >= 11 is 6.33. The van der Waals surface area contributed by atoms with Gasteiger partial charge >= 0.3 is 0 Å². The maximum atomic E-state index is 13.6. The van der Waals surface area contributed by atoms with Crippen LogP contribution in [0.4, 0.5) is 11.4 Å². The summed E-state index contributed by atoms with van der Waals surface area (Å²) in [6.07, 6.45) is 5.81. The van der Waals surface area contributed by atoms with Gasteiger partial charge in [-0.1, -0.05) is 55.1 Å². The summed E-state index contributed by atoms with van der Waals surface area (Å²) in [6.45, 7) is 0.918. The third-order valence-corrected chi connectivity index (χ3v) is 7.93. The van der Waals surface area contributed by atoms with Crippen molar-refractivity contribution in [2.24, 2.45) is 0 Å². The number of amides is 2. The van der Waals surface area contributed by atoms with Crippen molar-refractivity contribution in [2.75, 3.05) is 17.1 Å². The molecule has 3 rings (SSSR count). The van der Waals surface area contributed by atoms with Crippen LogP contribution in [-0.4, -0.2) is 54.9 Å². The highest BCUT2D eigenvalue weighted by Crippen LogP contribution is 2.25. The Labute approximate surface area is 221 Å². The Kier molecular flexibility index (Phi) is 9.50. The Morgan fingerprint density at radius 1 is 1.14 bits per heavy atom. The molecular weight excluding hydrogens is 520 g/mol. The molecule has 0 radical (unpaired) electrons. The number of rotatable bonds is 10. The number of hydrogen-bond donors (Lipinski definition) is 1. The quantitative estimate of drug-likeness (QED) is 0.353. The normalized spacial score (nSPS) is 15.0. The minimum atomic E-state index is -4.00. The molecule has 2 aromatic rings. The van der Waals surface area contributed by atoms with Crippen LogP contribution in [0.3, 0.4) is 0 Å². The average Bonchev–Trinajstić information content (AvgIpc) is 2.86. The molecule has 10 nitrogen and oxygen atoms in total. The van der Waals surface area contributed by atoms with Crippen LogP contribution >= 0.6 is 11.6 Å². The number of hydrogen-bond acceptors (Lipinski definition) is 6. The SMILES string of the molecule is C[C@H](C(=O)NC1CCCCC1)N(Cc1ccccc1Cl)C(=O)CN(c1cccc([N+](=O)[O-])c1)S(C)(=O)=O. The van der Waals surface area contributed by atoms with Gasteiger partial charge in [0.1, 0.15) is 12.6 Å². The Bertz CT molecular complexity index is 1250. The van der Waals surface area contributed by atoms with E-state index in [0.29, 0.717) is 10.6 Å². The third kappa shape index (κ3) is 7.65. The van der Waals surface area contributed by atoms with Gasteiger partial charge in [-0.15, -0.1) is 0 Å². The van der Waals surface area contributed by atoms with Crippen LogP contribution in [0.25, 0.3) is 0 Å². The summed E-state index contributed by atoms with van der Waals surface area (Å²) in [6, 6.07) is 11.0. The fraction of sp³-hybridized carbons (Fsp3) is 0.440. The second-order valence-corrected chi connectivity index (χ2v) is 11.5. The smallest absolute Gasteiger partial charge is 0.271 e. The molecule has 2 aromatic carbocycles. The van der Waals surface area contributed by atoms with Crippen molar-refractivity contribution >= 4 is 44.8 Å². The highest BCUT2D eigenvalue weighted by Gasteiger charge is 2.31. The molecule has 0 spiro atoms. The van der Waals surface area contributed by atoms with E-state index in [9.17, 15) is 28.1 Å². The maximum absolute atomic E-state index is 13.6. The van der Waals surface area contributed by atoms with Crippen LogP contribution in [0.1, 0.15) is 44.6 Å². The molecule has 2 amide bonds. The zero-order chi connectivity index (χ0) is 27.2. The molecule has 200 valence electrons. The number of anilines is 1. The van der Waals surface area contributed by atoms with E-state index in [0.717, 1.165) is 48.7 Å². The third-order valence-electron chi connectivity index (χ3n) is 6.43. The Hall–Kier alpha value is -3.18. The first-order chi connectivity index (χ1) is 17.5. The molecule has 1 saturated carbocycles. The summed E-state index contributed by atoms with van der Waals surface area (Å²) in [7, 11) is -4.00. The predicted molar refractivity (Wildman–Crippen MR) is 142 cm³/mol. The number of carbonyl (C=O) groups excluding carboxylic acids is 2. The zero-order valence-corrected chi connectivity index (χ0v) is 22.4. The van der Waals surface area contributed by atoms with E-state index in [-0.39, 0.29) is 29.9 Å². The van der Waals surface area contributed by atoms with Gasteiger partial charge < -0.3 is 10.2 Å². The summed E-state index contributed by atoms with van der Waals surface area (Å²) in [5.74, 6) is -0.989. The average molecular weight is 551 g/mol. The van der Waals surface area contributed by atoms with Gasteiger partial charge in [0.05, 0.1) is 16.9 Å². The number of nitrogens with zero attached hydrogens (tertiary/aromatic N) is 3. The lowest BCUT2D eigenvalue weighted by atomic mass is 9.95. The number of nitro groups is 1. The van der Waals surface area contributed by atoms with Crippen molar-refractivity contribution in [3.8, 4) is 0 Å². The first-order valence-corrected chi connectivity index (χ1v) is 14.3. The van der Waals surface area contributed by atoms with E-state index in [1.54, 1.807) is 31.2 Å². The van der Waals surface area contributed by atoms with Crippen LogP contribution in [0.5, 0.6) is 0 Å². The van der Waals surface area contributed by atoms with Crippen LogP contribution < -0.4 is 9.62 Å². The molecule has 12 heteroatoms. The molecule has 1 N–H and O–H groups in total. The highest BCUT2D eigenvalue weighted by atomic mass is 35.5. The number of non-ortho nitro benzene ring substituents is 1. The van der Waals surface area contributed by atoms with Gasteiger partial charge in [0.15, 0.2) is 0 Å². The monoisotopic (exact) mass is 550 g/mol. The summed E-state index contributed by atoms with van der Waals surface area (Å²) in [4.78, 5) is 38.6. The van der Waals surface area contributed by atoms with Gasteiger partial charge in [-0.05, 0) is 37.5 Å². The van der Waals surface area contributed by atoms with E-state index in [1.807, 2.05) is 0 Å². The maximum Gasteiger partial charge on any atom is 0.271 e. The lowest BCUT2D eigenvalue weighted by Gasteiger charge is -2.33. The molecule has 37 heavy (non-hydrogen) atoms. The fourth-order valence-corrected chi connectivity index (χ4v) is 5.37. The van der Waals surface area contributed by atoms with Crippen LogP contribution in [0.2, 0.25) is 5.02 Å². The highest BCUT2D eigenvalue weighted by molar-refractivity contribution is 7.92. The zero-order valence-electron chi connectivity index (χ0n) is 20.8. The van der Waals surface area contributed by atoms with Crippen molar-refractivity contribution < 1.29 is 22.9 Å². The van der Waals surface area contributed by atoms with Crippen molar-refractivity contribution in [1.82, 2.24) is 10.2 Å². The first-order valence-electron chi connectivity index (χ1n) is 12.0. The molecule has 1 atom stereocenters. The van der Waals surface area contributed by atoms with Crippen molar-refractivity contribution in [3.05, 3.63) is 69.2 Å². The summed E-state index contributed by atoms with van der Waals surface area (Å²) in [5.41, 5.74) is 0.255. The van der Waals surface area contributed by atoms with E-state index in [2.05, 4.69) is 5.32 Å². The lowest BCUT2D eigenvalue weighted by molar-refractivity contribution is -0.384. The van der Waals surface area contributed by atoms with E-state index >= 15 is 0 Å². The summed E-state index contributed by atoms with van der Waals surface area (Å²) in [5, 5.41) is 14.6. The van der Waals surface area contributed by atoms with Crippen molar-refractivity contribution in [1.29, 1.82) is 0 Å². The molecule has 0 bridgehead atoms. The van der Waals surface area contributed by atoms with Crippen molar-refractivity contribution in [2.45, 2.75) is 57.7 Å². The first kappa shape index (κ1) is 28.4. The second kappa shape index (κ2) is 12.4. The largest absolute Gasteiger partial charge is 0.352 e. The Balaban J connectivity index is 1.91. The molecule has 0 heterocycles. The van der Waals surface area contributed by atoms with Gasteiger partial charge in [-0.2, -0.15) is 0 Å². The van der Waals surface area contributed by atoms with Gasteiger partial charge in [-0.25, -0.2) is 8.42 Å². The molecular formula is C25H31ClN4O6S. The van der Waals surface area contributed by atoms with Crippen LogP contribution in [0, 0.1) is 10.1 Å². The summed E-state index contributed by atoms with van der Waals surface area (Å²) < 4.78 is 26.1. The minimum Gasteiger partial charge on any atom is -0.352 e. The Morgan fingerprint density at radius 3 is 2.43 bits per heavy atom. The molecule has 1 aliphatic carbocycles. The minimum absolute atomic E-state index is 0.0235. The number of nitro benzene ring substituents is 1. The van der Waals surface area contributed by atoms with Gasteiger partial charge in [-0.3, -0.25) is 24.0 Å². The number of nitrogens with one attached hydrogen (secondary N) is 1. The molecule has 0 saturated heterocycles. The van der Waals surface area contributed by atoms with Crippen molar-refractivity contribution in [3.63, 3.8) is 0 Å². The molecule has 0 aliphatic heterocycles. The van der Waals surface area contributed by atoms with Gasteiger partial charge in [0.2, 0.25) is 21.8 Å². The number of sulfonamides is 1. The van der Waals surface area contributed by atoms with E-state index in [1.165, 1.54) is 23.1 Å². The standard InChI is InChI=1S/C25H31ClN4O6S/c1-18(25(32)27-20-10-4-3-5-11-20)28(16-19-9-6-7-14-23(19)26)24(31)17-29(37(2,35)36)21-12-8-13-22(15-21)30(33)34/h6-9,12-15,18,20H,3-5,10-11,16-17H2,1-2H3,(H,27,32)/t18-/m1/s1. The topological polar surface area (TPSA) is 130 Å². The van der Waals surface area contributed by atoms with Crippen LogP contribution in [-0.2, 0) is 26.2 Å². The fourth-order valence-electron chi connectivity index (χ4n) is 4.34. The van der Waals surface area contributed by atoms with Crippen LogP contribution in [0.15, 0.2) is 48.5 Å². The predicted octanol–water partition coefficient (Wildman–Crippen LogP) is 3.88. The second-order valence-electron chi connectivity index (χ2n) is 9.18. The molecule has 1 fully saturated rings. The molecule has 0 aromatic heterocycles.